The van der Waals surface area contributed by atoms with Crippen molar-refractivity contribution in [1.82, 2.24) is 0 Å². The topological polar surface area (TPSA) is 80.7 Å². The van der Waals surface area contributed by atoms with Crippen LogP contribution in [0.2, 0.25) is 0 Å². The molecule has 2 bridgehead atoms. The summed E-state index contributed by atoms with van der Waals surface area (Å²) in [5.74, 6) is -0.0741. The molecule has 0 amide bonds. The van der Waals surface area contributed by atoms with E-state index in [0.717, 1.165) is 26.7 Å². The molecule has 0 aliphatic heterocycles. The smallest absolute Gasteiger partial charge is 0.326 e. The van der Waals surface area contributed by atoms with Crippen molar-refractivity contribution in [1.29, 1.82) is 0 Å². The summed E-state index contributed by atoms with van der Waals surface area (Å²) in [5, 5.41) is 0. The van der Waals surface area contributed by atoms with Gasteiger partial charge in [-0.15, -0.1) is 0 Å². The molecule has 3 aromatic carbocycles. The first kappa shape index (κ1) is 27.9. The monoisotopic (exact) mass is 565 g/mol. The Labute approximate surface area is 235 Å². The molecule has 2 aliphatic rings. The lowest BCUT2D eigenvalue weighted by Crippen LogP contribution is -2.58. The van der Waals surface area contributed by atoms with Crippen LogP contribution >= 0.6 is 0 Å². The fourth-order valence-electron chi connectivity index (χ4n) is 6.65. The molecule has 2 aliphatic carbocycles. The Morgan fingerprint density at radius 3 is 1.82 bits per heavy atom. The lowest BCUT2D eigenvalue weighted by atomic mass is 9.70. The Balaban J connectivity index is 1.63. The second-order valence-electron chi connectivity index (χ2n) is 12.5. The lowest BCUT2D eigenvalue weighted by Gasteiger charge is -2.34. The number of ether oxygens (including phenoxy) is 1. The van der Waals surface area contributed by atoms with Crippen LogP contribution in [0.3, 0.4) is 0 Å². The zero-order valence-corrected chi connectivity index (χ0v) is 25.0. The van der Waals surface area contributed by atoms with E-state index in [0.29, 0.717) is 12.8 Å². The van der Waals surface area contributed by atoms with Crippen molar-refractivity contribution in [2.24, 2.45) is 16.7 Å². The Bertz CT molecular complexity index is 1490. The number of fused-ring (bicyclic) bond motifs is 2. The van der Waals surface area contributed by atoms with E-state index >= 15 is 0 Å². The normalized spacial score (nSPS) is 26.9. The minimum Gasteiger partial charge on any atom is -0.488 e. The summed E-state index contributed by atoms with van der Waals surface area (Å²) in [7, 11) is -6.03. The van der Waals surface area contributed by atoms with Crippen LogP contribution in [0.25, 0.3) is 11.1 Å². The molecule has 206 valence electrons. The summed E-state index contributed by atoms with van der Waals surface area (Å²) in [6.45, 7) is 11.9. The molecule has 5 nitrogen and oxygen atoms in total. The van der Waals surface area contributed by atoms with Gasteiger partial charge in [0.1, 0.15) is 11.4 Å². The quantitative estimate of drug-likeness (QED) is 0.253. The van der Waals surface area contributed by atoms with Crippen LogP contribution in [0.5, 0.6) is 5.75 Å². The van der Waals surface area contributed by atoms with E-state index in [1.165, 1.54) is 0 Å². The van der Waals surface area contributed by atoms with E-state index in [-0.39, 0.29) is 11.4 Å². The Morgan fingerprint density at radius 1 is 0.846 bits per heavy atom. The first-order valence-corrected chi connectivity index (χ1v) is 16.0. The maximum Gasteiger partial charge on any atom is 0.326 e. The number of hydrogen-bond acceptors (Lipinski definition) is 4. The van der Waals surface area contributed by atoms with Crippen molar-refractivity contribution in [3.8, 4) is 16.9 Å². The molecule has 5 rings (SSSR count). The highest BCUT2D eigenvalue weighted by Crippen LogP contribution is 2.71. The van der Waals surface area contributed by atoms with Crippen LogP contribution in [0.15, 0.2) is 88.7 Å². The van der Waals surface area contributed by atoms with Gasteiger partial charge in [-0.1, -0.05) is 51.1 Å². The third-order valence-corrected chi connectivity index (χ3v) is 13.8. The largest absolute Gasteiger partial charge is 0.488 e. The predicted molar refractivity (Wildman–Crippen MR) is 156 cm³/mol. The number of carbonyl (C=O) groups is 1. The minimum atomic E-state index is -4.78. The standard InChI is InChI=1S/C32H36O5S2/c1-29(2,3)37-24-16-12-22(13-17-24)23-14-18-26(19-15-23)38(25-10-8-7-9-11-25)32(39(34,35)36)27-20-21-31(6,28(32)33)30(27,4)5/h7-19,27H,20-21H2,1-6H3/p+1. The van der Waals surface area contributed by atoms with Crippen molar-refractivity contribution in [3.63, 3.8) is 0 Å². The van der Waals surface area contributed by atoms with Gasteiger partial charge in [0.15, 0.2) is 9.79 Å². The maximum atomic E-state index is 14.3. The third-order valence-electron chi connectivity index (χ3n) is 8.87. The molecule has 2 saturated carbocycles. The van der Waals surface area contributed by atoms with Crippen LogP contribution in [0, 0.1) is 16.7 Å². The van der Waals surface area contributed by atoms with E-state index in [9.17, 15) is 17.8 Å². The predicted octanol–water partition coefficient (Wildman–Crippen LogP) is 7.18. The van der Waals surface area contributed by atoms with Gasteiger partial charge in [0.25, 0.3) is 0 Å². The Hall–Kier alpha value is -2.61. The molecule has 1 N–H and O–H groups in total. The van der Waals surface area contributed by atoms with Crippen molar-refractivity contribution < 1.29 is 22.5 Å². The van der Waals surface area contributed by atoms with Crippen molar-refractivity contribution in [3.05, 3.63) is 78.9 Å². The highest BCUT2D eigenvalue weighted by atomic mass is 32.3. The maximum absolute atomic E-state index is 14.3. The summed E-state index contributed by atoms with van der Waals surface area (Å²) in [5.41, 5.74) is 0.269. The van der Waals surface area contributed by atoms with Crippen LogP contribution in [0.4, 0.5) is 0 Å². The highest BCUT2D eigenvalue weighted by molar-refractivity contribution is 8.12. The number of ketones is 1. The zero-order chi connectivity index (χ0) is 28.4. The van der Waals surface area contributed by atoms with Gasteiger partial charge in [0.2, 0.25) is 5.78 Å². The van der Waals surface area contributed by atoms with Gasteiger partial charge in [-0.05, 0) is 98.7 Å². The molecule has 39 heavy (non-hydrogen) atoms. The molecule has 3 aromatic rings. The van der Waals surface area contributed by atoms with Gasteiger partial charge in [0.05, 0.1) is 10.9 Å². The van der Waals surface area contributed by atoms with Gasteiger partial charge >= 0.3 is 14.2 Å². The molecule has 0 heterocycles. The fourth-order valence-corrected chi connectivity index (χ4v) is 12.2. The highest BCUT2D eigenvalue weighted by Gasteiger charge is 2.85. The van der Waals surface area contributed by atoms with Gasteiger partial charge in [-0.2, -0.15) is 8.42 Å². The zero-order valence-electron chi connectivity index (χ0n) is 23.4. The number of Topliss-reactive ketones (excluding diaryl/α,β-unsaturated/α-hetero) is 1. The van der Waals surface area contributed by atoms with Gasteiger partial charge in [-0.25, -0.2) is 0 Å². The van der Waals surface area contributed by atoms with E-state index in [4.69, 9.17) is 4.74 Å². The van der Waals surface area contributed by atoms with Crippen LogP contribution in [-0.2, 0) is 25.8 Å². The summed E-state index contributed by atoms with van der Waals surface area (Å²) in [4.78, 5) is 15.8. The first-order valence-electron chi connectivity index (χ1n) is 13.3. The molecule has 4 atom stereocenters. The van der Waals surface area contributed by atoms with Crippen LogP contribution < -0.4 is 4.74 Å². The summed E-state index contributed by atoms with van der Waals surface area (Å²) in [6, 6.07) is 24.9. The number of benzene rings is 3. The van der Waals surface area contributed by atoms with E-state index in [1.807, 2.05) is 120 Å². The van der Waals surface area contributed by atoms with Gasteiger partial charge in [-0.3, -0.25) is 9.35 Å². The average molecular weight is 566 g/mol. The Morgan fingerprint density at radius 2 is 1.36 bits per heavy atom. The SMILES string of the molecule is CC(C)(C)Oc1ccc(-c2ccc([S+](c3ccccc3)C3(S(=O)(=O)O)C(=O)C4(C)CCC3C4(C)C)cc2)cc1. The number of hydrogen-bond donors (Lipinski definition) is 1. The average Bonchev–Trinajstić information content (AvgIpc) is 3.17. The molecular weight excluding hydrogens is 528 g/mol. The van der Waals surface area contributed by atoms with E-state index in [2.05, 4.69) is 0 Å². The first-order chi connectivity index (χ1) is 18.1. The van der Waals surface area contributed by atoms with Crippen LogP contribution in [0.1, 0.15) is 54.4 Å². The number of carbonyl (C=O) groups excluding carboxylic acids is 1. The van der Waals surface area contributed by atoms with Crippen LogP contribution in [-0.4, -0.2) is 28.4 Å². The number of rotatable bonds is 6. The molecular formula is C32H37O5S2+. The van der Waals surface area contributed by atoms with Gasteiger partial charge in [0, 0.05) is 11.3 Å². The summed E-state index contributed by atoms with van der Waals surface area (Å²) in [6.07, 6.45) is 1.20. The molecule has 0 spiro atoms. The fraction of sp³-hybridized carbons (Fsp3) is 0.406. The van der Waals surface area contributed by atoms with Crippen molar-refractivity contribution in [2.75, 3.05) is 0 Å². The molecule has 2 fully saturated rings. The lowest BCUT2D eigenvalue weighted by molar-refractivity contribution is -0.128. The summed E-state index contributed by atoms with van der Waals surface area (Å²) < 4.78 is 42.0. The van der Waals surface area contributed by atoms with Crippen molar-refractivity contribution >= 4 is 26.8 Å². The molecule has 0 saturated heterocycles. The second kappa shape index (κ2) is 9.22. The third kappa shape index (κ3) is 4.25. The van der Waals surface area contributed by atoms with Gasteiger partial charge < -0.3 is 4.74 Å². The molecule has 4 unspecified atom stereocenters. The molecule has 0 radical (unpaired) electrons. The van der Waals surface area contributed by atoms with E-state index in [1.54, 1.807) is 0 Å². The summed E-state index contributed by atoms with van der Waals surface area (Å²) >= 11 is 0. The Kier molecular flexibility index (Phi) is 6.60. The van der Waals surface area contributed by atoms with Crippen molar-refractivity contribution in [2.45, 2.75) is 73.9 Å². The molecule has 0 aromatic heterocycles. The van der Waals surface area contributed by atoms with E-state index < -0.39 is 41.8 Å². The minimum absolute atomic E-state index is 0.289. The second-order valence-corrected chi connectivity index (χ2v) is 16.6. The molecule has 7 heteroatoms.